The quantitative estimate of drug-likeness (QED) is 0.729. The van der Waals surface area contributed by atoms with E-state index in [0.717, 1.165) is 31.8 Å². The van der Waals surface area contributed by atoms with Gasteiger partial charge in [-0.2, -0.15) is 0 Å². The van der Waals surface area contributed by atoms with Crippen molar-refractivity contribution in [2.24, 2.45) is 0 Å². The summed E-state index contributed by atoms with van der Waals surface area (Å²) >= 11 is 0. The number of nitrogens with one attached hydrogen (secondary N) is 2. The van der Waals surface area contributed by atoms with Gasteiger partial charge in [0.05, 0.1) is 12.5 Å². The first-order valence-corrected chi connectivity index (χ1v) is 9.36. The molecule has 25 heavy (non-hydrogen) atoms. The molecule has 1 unspecified atom stereocenters. The van der Waals surface area contributed by atoms with Crippen LogP contribution in [0.15, 0.2) is 6.33 Å². The lowest BCUT2D eigenvalue weighted by Gasteiger charge is -2.38. The number of carbonyl (C=O) groups excluding carboxylic acids is 2. The summed E-state index contributed by atoms with van der Waals surface area (Å²) in [6, 6.07) is 0.114. The van der Waals surface area contributed by atoms with Crippen LogP contribution < -0.4 is 10.6 Å². The van der Waals surface area contributed by atoms with Crippen molar-refractivity contribution >= 4 is 11.8 Å². The predicted octanol–water partition coefficient (Wildman–Crippen LogP) is 0.0898. The smallest absolute Gasteiger partial charge is 0.237 e. The number of aryl methyl sites for hydroxylation is 1. The largest absolute Gasteiger partial charge is 0.356 e. The Kier molecular flexibility index (Phi) is 6.01. The van der Waals surface area contributed by atoms with E-state index in [1.54, 1.807) is 6.33 Å². The van der Waals surface area contributed by atoms with Crippen LogP contribution in [0.4, 0.5) is 0 Å². The summed E-state index contributed by atoms with van der Waals surface area (Å²) in [6.45, 7) is 4.88. The number of nitrogens with zero attached hydrogens (tertiary/aromatic N) is 4. The molecule has 3 rings (SSSR count). The van der Waals surface area contributed by atoms with Crippen LogP contribution >= 0.6 is 0 Å². The van der Waals surface area contributed by atoms with Gasteiger partial charge < -0.3 is 15.2 Å². The molecule has 2 aliphatic rings. The fourth-order valence-corrected chi connectivity index (χ4v) is 3.91. The molecule has 1 aliphatic carbocycles. The number of aromatic nitrogens is 3. The van der Waals surface area contributed by atoms with Crippen molar-refractivity contribution in [3.8, 4) is 0 Å². The van der Waals surface area contributed by atoms with Gasteiger partial charge in [0.25, 0.3) is 0 Å². The van der Waals surface area contributed by atoms with Gasteiger partial charge >= 0.3 is 0 Å². The maximum Gasteiger partial charge on any atom is 0.237 e. The Balaban J connectivity index is 1.50. The third-order valence-corrected chi connectivity index (χ3v) is 5.25. The summed E-state index contributed by atoms with van der Waals surface area (Å²) in [4.78, 5) is 26.9. The van der Waals surface area contributed by atoms with Crippen LogP contribution in [0.5, 0.6) is 0 Å². The van der Waals surface area contributed by atoms with E-state index in [-0.39, 0.29) is 24.3 Å². The molecule has 0 spiro atoms. The molecule has 0 aromatic carbocycles. The minimum absolute atomic E-state index is 0.0148. The van der Waals surface area contributed by atoms with Crippen LogP contribution in [0, 0.1) is 0 Å². The third-order valence-electron chi connectivity index (χ3n) is 5.25. The fourth-order valence-electron chi connectivity index (χ4n) is 3.91. The van der Waals surface area contributed by atoms with Crippen LogP contribution in [0.2, 0.25) is 0 Å². The van der Waals surface area contributed by atoms with Crippen molar-refractivity contribution in [1.82, 2.24) is 30.3 Å². The van der Waals surface area contributed by atoms with Crippen LogP contribution in [0.1, 0.15) is 44.9 Å². The zero-order chi connectivity index (χ0) is 17.6. The van der Waals surface area contributed by atoms with Gasteiger partial charge in [-0.1, -0.05) is 12.8 Å². The van der Waals surface area contributed by atoms with E-state index < -0.39 is 0 Å². The van der Waals surface area contributed by atoms with Gasteiger partial charge in [-0.3, -0.25) is 14.5 Å². The molecule has 2 heterocycles. The number of hydrogen-bond acceptors (Lipinski definition) is 5. The highest BCUT2D eigenvalue weighted by atomic mass is 16.2. The van der Waals surface area contributed by atoms with Crippen molar-refractivity contribution in [3.63, 3.8) is 0 Å². The van der Waals surface area contributed by atoms with Crippen molar-refractivity contribution in [2.45, 2.75) is 64.1 Å². The van der Waals surface area contributed by atoms with E-state index in [1.807, 2.05) is 11.5 Å². The second kappa shape index (κ2) is 8.42. The predicted molar refractivity (Wildman–Crippen MR) is 92.8 cm³/mol. The first-order chi connectivity index (χ1) is 12.2. The highest BCUT2D eigenvalue weighted by Crippen LogP contribution is 2.26. The summed E-state index contributed by atoms with van der Waals surface area (Å²) in [6.07, 6.45) is 7.28. The average Bonchev–Trinajstić information content (AvgIpc) is 3.28. The van der Waals surface area contributed by atoms with Gasteiger partial charge in [-0.05, 0) is 19.8 Å². The van der Waals surface area contributed by atoms with Crippen LogP contribution in [-0.4, -0.2) is 63.2 Å². The lowest BCUT2D eigenvalue weighted by Crippen LogP contribution is -2.59. The van der Waals surface area contributed by atoms with Crippen molar-refractivity contribution in [1.29, 1.82) is 0 Å². The van der Waals surface area contributed by atoms with Crippen LogP contribution in [0.3, 0.4) is 0 Å². The molecule has 2 N–H and O–H groups in total. The topological polar surface area (TPSA) is 92.1 Å². The molecule has 8 heteroatoms. The molecule has 2 amide bonds. The van der Waals surface area contributed by atoms with Gasteiger partial charge in [-0.25, -0.2) is 0 Å². The molecule has 1 atom stereocenters. The Labute approximate surface area is 148 Å². The average molecular weight is 348 g/mol. The maximum atomic E-state index is 12.3. The molecule has 1 aromatic heterocycles. The Morgan fingerprint density at radius 1 is 1.40 bits per heavy atom. The van der Waals surface area contributed by atoms with E-state index in [0.29, 0.717) is 25.6 Å². The number of carbonyl (C=O) groups is 2. The Morgan fingerprint density at radius 2 is 2.20 bits per heavy atom. The molecule has 1 saturated carbocycles. The molecule has 8 nitrogen and oxygen atoms in total. The van der Waals surface area contributed by atoms with E-state index in [1.165, 1.54) is 12.8 Å². The molecule has 2 fully saturated rings. The molecule has 0 radical (unpaired) electrons. The summed E-state index contributed by atoms with van der Waals surface area (Å²) in [5.74, 6) is 0.775. The zero-order valence-electron chi connectivity index (χ0n) is 14.9. The van der Waals surface area contributed by atoms with Crippen molar-refractivity contribution in [2.75, 3.05) is 19.6 Å². The second-order valence-electron chi connectivity index (χ2n) is 6.82. The zero-order valence-corrected chi connectivity index (χ0v) is 14.9. The highest BCUT2D eigenvalue weighted by molar-refractivity contribution is 5.88. The van der Waals surface area contributed by atoms with E-state index in [2.05, 4.69) is 25.7 Å². The Morgan fingerprint density at radius 3 is 2.96 bits per heavy atom. The van der Waals surface area contributed by atoms with E-state index >= 15 is 0 Å². The van der Waals surface area contributed by atoms with Gasteiger partial charge in [0.1, 0.15) is 12.2 Å². The van der Waals surface area contributed by atoms with Gasteiger partial charge in [0.15, 0.2) is 0 Å². The number of hydrogen-bond donors (Lipinski definition) is 2. The highest BCUT2D eigenvalue weighted by Gasteiger charge is 2.36. The monoisotopic (exact) mass is 348 g/mol. The van der Waals surface area contributed by atoms with Crippen molar-refractivity contribution in [3.05, 3.63) is 12.2 Å². The summed E-state index contributed by atoms with van der Waals surface area (Å²) in [5, 5.41) is 13.8. The number of amides is 2. The SMILES string of the molecule is CCn1cnnc1CCNC(=O)CC1C(=O)NCCN1C1CCCC1. The molecule has 1 saturated heterocycles. The Bertz CT molecular complexity index is 596. The molecule has 0 bridgehead atoms. The minimum atomic E-state index is -0.337. The molecule has 138 valence electrons. The number of rotatable bonds is 7. The second-order valence-corrected chi connectivity index (χ2v) is 6.82. The van der Waals surface area contributed by atoms with Crippen LogP contribution in [-0.2, 0) is 22.6 Å². The maximum absolute atomic E-state index is 12.3. The molecular weight excluding hydrogens is 320 g/mol. The first kappa shape index (κ1) is 17.8. The lowest BCUT2D eigenvalue weighted by atomic mass is 10.0. The standard InChI is InChI=1S/C17H28N6O2/c1-2-22-12-20-21-15(22)7-8-18-16(24)11-14-17(25)19-9-10-23(14)13-5-3-4-6-13/h12-14H,2-11H2,1H3,(H,18,24)(H,19,25). The summed E-state index contributed by atoms with van der Waals surface area (Å²) < 4.78 is 1.96. The molecule has 1 aliphatic heterocycles. The Hall–Kier alpha value is -1.96. The lowest BCUT2D eigenvalue weighted by molar-refractivity contribution is -0.135. The normalized spacial score (nSPS) is 22.1. The number of piperazine rings is 1. The van der Waals surface area contributed by atoms with E-state index in [4.69, 9.17) is 0 Å². The van der Waals surface area contributed by atoms with E-state index in [9.17, 15) is 9.59 Å². The van der Waals surface area contributed by atoms with Gasteiger partial charge in [-0.15, -0.1) is 10.2 Å². The third kappa shape index (κ3) is 4.36. The fraction of sp³-hybridized carbons (Fsp3) is 0.765. The van der Waals surface area contributed by atoms with Crippen LogP contribution in [0.25, 0.3) is 0 Å². The summed E-state index contributed by atoms with van der Waals surface area (Å²) in [5.41, 5.74) is 0. The first-order valence-electron chi connectivity index (χ1n) is 9.36. The van der Waals surface area contributed by atoms with Gasteiger partial charge in [0, 0.05) is 38.6 Å². The summed E-state index contributed by atoms with van der Waals surface area (Å²) in [7, 11) is 0. The van der Waals surface area contributed by atoms with Crippen molar-refractivity contribution < 1.29 is 9.59 Å². The minimum Gasteiger partial charge on any atom is -0.356 e. The molecule has 1 aromatic rings. The molecular formula is C17H28N6O2. The van der Waals surface area contributed by atoms with Gasteiger partial charge in [0.2, 0.25) is 11.8 Å².